The Labute approximate surface area is 197 Å². The van der Waals surface area contributed by atoms with Crippen molar-refractivity contribution in [2.45, 2.75) is 32.9 Å². The molecule has 0 fully saturated rings. The first-order valence-electron chi connectivity index (χ1n) is 11.6. The molecule has 0 amide bonds. The van der Waals surface area contributed by atoms with Crippen molar-refractivity contribution in [3.63, 3.8) is 0 Å². The monoisotopic (exact) mass is 453 g/mol. The first-order valence-corrected chi connectivity index (χ1v) is 11.6. The van der Waals surface area contributed by atoms with E-state index in [1.807, 2.05) is 54.2 Å². The summed E-state index contributed by atoms with van der Waals surface area (Å²) in [6, 6.07) is 20.4. The first kappa shape index (κ1) is 21.6. The molecule has 2 aromatic carbocycles. The Kier molecular flexibility index (Phi) is 6.20. The van der Waals surface area contributed by atoms with Crippen molar-refractivity contribution in [2.24, 2.45) is 0 Å². The standard InChI is InChI=1S/C26H27N7O/c1-2-15-33-25(34)22-24(31-26(33)27-14-13-19-9-5-3-6-10-19)30-23(29-22)21-16-28-32(18-21)17-20-11-7-4-8-12-20/h3-12,16,18H,2,13-15,17H2,1H3,(H,27,31)(H,29,30). The predicted molar refractivity (Wildman–Crippen MR) is 134 cm³/mol. The normalized spacial score (nSPS) is 11.2. The third-order valence-electron chi connectivity index (χ3n) is 5.69. The van der Waals surface area contributed by atoms with Gasteiger partial charge in [-0.05, 0) is 24.0 Å². The van der Waals surface area contributed by atoms with Gasteiger partial charge in [0.15, 0.2) is 11.2 Å². The van der Waals surface area contributed by atoms with Crippen molar-refractivity contribution < 1.29 is 0 Å². The maximum atomic E-state index is 13.3. The van der Waals surface area contributed by atoms with Crippen molar-refractivity contribution in [1.82, 2.24) is 29.3 Å². The van der Waals surface area contributed by atoms with Gasteiger partial charge in [0.1, 0.15) is 5.82 Å². The molecule has 172 valence electrons. The van der Waals surface area contributed by atoms with E-state index in [1.165, 1.54) is 5.56 Å². The van der Waals surface area contributed by atoms with E-state index >= 15 is 0 Å². The molecule has 8 nitrogen and oxygen atoms in total. The van der Waals surface area contributed by atoms with Crippen LogP contribution in [-0.4, -0.2) is 35.8 Å². The van der Waals surface area contributed by atoms with Gasteiger partial charge in [0.25, 0.3) is 5.56 Å². The number of anilines is 1. The molecule has 0 spiro atoms. The molecule has 0 radical (unpaired) electrons. The number of nitrogens with zero attached hydrogens (tertiary/aromatic N) is 5. The van der Waals surface area contributed by atoms with Gasteiger partial charge < -0.3 is 10.3 Å². The van der Waals surface area contributed by atoms with Crippen molar-refractivity contribution in [3.05, 3.63) is 94.5 Å². The lowest BCUT2D eigenvalue weighted by molar-refractivity contribution is 0.651. The highest BCUT2D eigenvalue weighted by Gasteiger charge is 2.16. The molecule has 0 saturated carbocycles. The largest absolute Gasteiger partial charge is 0.355 e. The minimum absolute atomic E-state index is 0.121. The van der Waals surface area contributed by atoms with Crippen LogP contribution in [0.15, 0.2) is 77.9 Å². The average molecular weight is 454 g/mol. The van der Waals surface area contributed by atoms with Gasteiger partial charge in [-0.3, -0.25) is 14.0 Å². The van der Waals surface area contributed by atoms with Gasteiger partial charge >= 0.3 is 0 Å². The van der Waals surface area contributed by atoms with Crippen molar-refractivity contribution in [3.8, 4) is 11.4 Å². The topological polar surface area (TPSA) is 93.4 Å². The molecule has 8 heteroatoms. The van der Waals surface area contributed by atoms with Crippen LogP contribution in [-0.2, 0) is 19.5 Å². The minimum Gasteiger partial charge on any atom is -0.355 e. The second-order valence-corrected chi connectivity index (χ2v) is 8.25. The van der Waals surface area contributed by atoms with E-state index < -0.39 is 0 Å². The summed E-state index contributed by atoms with van der Waals surface area (Å²) in [7, 11) is 0. The Bertz CT molecular complexity index is 1430. The number of benzene rings is 2. The van der Waals surface area contributed by atoms with Crippen LogP contribution in [0.2, 0.25) is 0 Å². The summed E-state index contributed by atoms with van der Waals surface area (Å²) in [5.41, 5.74) is 3.91. The van der Waals surface area contributed by atoms with Crippen molar-refractivity contribution in [2.75, 3.05) is 11.9 Å². The Morgan fingerprint density at radius 2 is 1.71 bits per heavy atom. The molecule has 34 heavy (non-hydrogen) atoms. The third-order valence-corrected chi connectivity index (χ3v) is 5.69. The fourth-order valence-electron chi connectivity index (χ4n) is 3.99. The summed E-state index contributed by atoms with van der Waals surface area (Å²) in [4.78, 5) is 25.7. The van der Waals surface area contributed by atoms with Crippen LogP contribution >= 0.6 is 0 Å². The maximum Gasteiger partial charge on any atom is 0.280 e. The Balaban J connectivity index is 1.41. The predicted octanol–water partition coefficient (Wildman–Crippen LogP) is 4.10. The molecule has 0 aliphatic heterocycles. The van der Waals surface area contributed by atoms with Gasteiger partial charge in [-0.2, -0.15) is 10.1 Å². The van der Waals surface area contributed by atoms with E-state index in [0.717, 1.165) is 24.0 Å². The SMILES string of the molecule is CCCn1c(NCCc2ccccc2)nc2nc(-c3cnn(Cc4ccccc4)c3)[nH]c2c1=O. The minimum atomic E-state index is -0.121. The molecule has 0 saturated heterocycles. The molecule has 5 aromatic rings. The molecule has 0 atom stereocenters. The van der Waals surface area contributed by atoms with Gasteiger partial charge in [-0.15, -0.1) is 0 Å². The zero-order chi connectivity index (χ0) is 23.3. The number of aromatic nitrogens is 6. The molecule has 2 N–H and O–H groups in total. The highest BCUT2D eigenvalue weighted by atomic mass is 16.1. The number of nitrogens with one attached hydrogen (secondary N) is 2. The van der Waals surface area contributed by atoms with Crippen LogP contribution < -0.4 is 10.9 Å². The summed E-state index contributed by atoms with van der Waals surface area (Å²) in [5, 5.41) is 7.80. The van der Waals surface area contributed by atoms with Gasteiger partial charge in [0, 0.05) is 19.3 Å². The van der Waals surface area contributed by atoms with Gasteiger partial charge in [-0.25, -0.2) is 4.98 Å². The number of rotatable bonds is 9. The molecular formula is C26H27N7O. The van der Waals surface area contributed by atoms with Crippen LogP contribution in [0.4, 0.5) is 5.95 Å². The van der Waals surface area contributed by atoms with Crippen LogP contribution in [0.3, 0.4) is 0 Å². The summed E-state index contributed by atoms with van der Waals surface area (Å²) < 4.78 is 3.55. The quantitative estimate of drug-likeness (QED) is 0.351. The molecule has 0 bridgehead atoms. The van der Waals surface area contributed by atoms with E-state index in [4.69, 9.17) is 0 Å². The van der Waals surface area contributed by atoms with Crippen molar-refractivity contribution >= 4 is 17.1 Å². The van der Waals surface area contributed by atoms with E-state index in [-0.39, 0.29) is 5.56 Å². The van der Waals surface area contributed by atoms with E-state index in [0.29, 0.717) is 42.6 Å². The van der Waals surface area contributed by atoms with E-state index in [1.54, 1.807) is 10.8 Å². The highest BCUT2D eigenvalue weighted by Crippen LogP contribution is 2.19. The summed E-state index contributed by atoms with van der Waals surface area (Å²) in [6.45, 7) is 3.97. The lowest BCUT2D eigenvalue weighted by atomic mass is 10.1. The molecule has 0 unspecified atom stereocenters. The zero-order valence-electron chi connectivity index (χ0n) is 19.1. The number of hydrogen-bond acceptors (Lipinski definition) is 5. The van der Waals surface area contributed by atoms with Crippen molar-refractivity contribution in [1.29, 1.82) is 0 Å². The molecular weight excluding hydrogens is 426 g/mol. The van der Waals surface area contributed by atoms with E-state index in [2.05, 4.69) is 49.6 Å². The summed E-state index contributed by atoms with van der Waals surface area (Å²) in [5.74, 6) is 1.14. The molecule has 3 heterocycles. The average Bonchev–Trinajstić information content (AvgIpc) is 3.50. The number of fused-ring (bicyclic) bond motifs is 1. The summed E-state index contributed by atoms with van der Waals surface area (Å²) >= 11 is 0. The molecule has 3 aromatic heterocycles. The lowest BCUT2D eigenvalue weighted by Gasteiger charge is -2.12. The Hall–Kier alpha value is -4.20. The molecule has 0 aliphatic rings. The van der Waals surface area contributed by atoms with Crippen LogP contribution in [0, 0.1) is 0 Å². The van der Waals surface area contributed by atoms with Crippen LogP contribution in [0.25, 0.3) is 22.6 Å². The van der Waals surface area contributed by atoms with Gasteiger partial charge in [0.2, 0.25) is 5.95 Å². The van der Waals surface area contributed by atoms with Crippen LogP contribution in [0.1, 0.15) is 24.5 Å². The second kappa shape index (κ2) is 9.74. The Morgan fingerprint density at radius 3 is 2.44 bits per heavy atom. The number of hydrogen-bond donors (Lipinski definition) is 2. The highest BCUT2D eigenvalue weighted by molar-refractivity contribution is 5.76. The number of imidazole rings is 1. The molecule has 0 aliphatic carbocycles. The zero-order valence-corrected chi connectivity index (χ0v) is 19.1. The van der Waals surface area contributed by atoms with Gasteiger partial charge in [0.05, 0.1) is 18.3 Å². The number of H-pyrrole nitrogens is 1. The number of aromatic amines is 1. The van der Waals surface area contributed by atoms with E-state index in [9.17, 15) is 4.79 Å². The summed E-state index contributed by atoms with van der Waals surface area (Å²) in [6.07, 6.45) is 5.35. The van der Waals surface area contributed by atoms with Crippen LogP contribution in [0.5, 0.6) is 0 Å². The van der Waals surface area contributed by atoms with Gasteiger partial charge in [-0.1, -0.05) is 67.6 Å². The fourth-order valence-corrected chi connectivity index (χ4v) is 3.99. The molecule has 5 rings (SSSR count). The fraction of sp³-hybridized carbons (Fsp3) is 0.231. The second-order valence-electron chi connectivity index (χ2n) is 8.25. The lowest BCUT2D eigenvalue weighted by Crippen LogP contribution is -2.26. The third kappa shape index (κ3) is 4.61. The maximum absolute atomic E-state index is 13.3. The Morgan fingerprint density at radius 1 is 0.971 bits per heavy atom. The smallest absolute Gasteiger partial charge is 0.280 e. The first-order chi connectivity index (χ1) is 16.7.